The monoisotopic (exact) mass is 145 g/mol. The molecule has 0 aromatic carbocycles. The van der Waals surface area contributed by atoms with Crippen LogP contribution in [0.2, 0.25) is 0 Å². The quantitative estimate of drug-likeness (QED) is 0.342. The number of hydrogen-bond acceptors (Lipinski definition) is 3. The first kappa shape index (κ1) is 9.42. The van der Waals surface area contributed by atoms with Crippen LogP contribution >= 0.6 is 0 Å². The molecule has 0 aliphatic heterocycles. The van der Waals surface area contributed by atoms with Gasteiger partial charge in [-0.1, -0.05) is 0 Å². The van der Waals surface area contributed by atoms with E-state index in [1.165, 1.54) is 0 Å². The molecule has 0 heterocycles. The fourth-order valence-corrected chi connectivity index (χ4v) is 0. The van der Waals surface area contributed by atoms with Gasteiger partial charge in [-0.2, -0.15) is 0 Å². The summed E-state index contributed by atoms with van der Waals surface area (Å²) in [6.45, 7) is 0. The van der Waals surface area contributed by atoms with E-state index in [0.29, 0.717) is 0 Å². The number of carbonyl (C=O) groups excluding carboxylic acids is 1. The summed E-state index contributed by atoms with van der Waals surface area (Å²) in [5.41, 5.74) is 0. The Morgan fingerprint density at radius 1 is 1.40 bits per heavy atom. The third kappa shape index (κ3) is 41.5. The van der Waals surface area contributed by atoms with E-state index in [-0.39, 0.29) is 58.2 Å². The molecule has 0 aliphatic rings. The van der Waals surface area contributed by atoms with Crippen molar-refractivity contribution < 1.29 is 73.2 Å². The minimum Gasteiger partial charge on any atom is -0.652 e. The predicted octanol–water partition coefficient (Wildman–Crippen LogP) is -5.44. The summed E-state index contributed by atoms with van der Waals surface area (Å²) >= 11 is 0. The van der Waals surface area contributed by atoms with Crippen LogP contribution in [0.25, 0.3) is 0 Å². The van der Waals surface area contributed by atoms with E-state index >= 15 is 0 Å². The minimum atomic E-state index is -2.33. The van der Waals surface area contributed by atoms with Gasteiger partial charge in [-0.05, 0) is 6.16 Å². The standard InChI is InChI=1S/CH2O3.Rb/c2-1(3)4;/h(H2,2,3,4);/q;+1/p-2. The van der Waals surface area contributed by atoms with Crippen LogP contribution in [0.4, 0.5) is 4.79 Å². The molecule has 0 aromatic heterocycles. The molecule has 5 heavy (non-hydrogen) atoms. The van der Waals surface area contributed by atoms with E-state index in [0.717, 1.165) is 0 Å². The Hall–Kier alpha value is 1.08. The van der Waals surface area contributed by atoms with Crippen LogP contribution in [0.3, 0.4) is 0 Å². The van der Waals surface area contributed by atoms with Gasteiger partial charge in [0.25, 0.3) is 0 Å². The molecule has 0 saturated carbocycles. The maximum Gasteiger partial charge on any atom is 1.00 e. The molecule has 0 aromatic rings. The van der Waals surface area contributed by atoms with Crippen molar-refractivity contribution >= 4 is 6.16 Å². The van der Waals surface area contributed by atoms with E-state index in [1.54, 1.807) is 0 Å². The van der Waals surface area contributed by atoms with Gasteiger partial charge in [0.15, 0.2) is 0 Å². The second-order valence-corrected chi connectivity index (χ2v) is 0.250. The molecule has 0 aliphatic carbocycles. The van der Waals surface area contributed by atoms with E-state index in [9.17, 15) is 0 Å². The Morgan fingerprint density at radius 3 is 1.40 bits per heavy atom. The van der Waals surface area contributed by atoms with Crippen molar-refractivity contribution in [2.24, 2.45) is 0 Å². The van der Waals surface area contributed by atoms with Crippen molar-refractivity contribution in [2.45, 2.75) is 0 Å². The average Bonchev–Trinajstić information content (AvgIpc) is 0.811. The molecule has 0 atom stereocenters. The van der Waals surface area contributed by atoms with Gasteiger partial charge >= 0.3 is 58.2 Å². The normalized spacial score (nSPS) is 4.80. The van der Waals surface area contributed by atoms with Crippen molar-refractivity contribution in [3.05, 3.63) is 0 Å². The van der Waals surface area contributed by atoms with Gasteiger partial charge < -0.3 is 15.0 Å². The van der Waals surface area contributed by atoms with Gasteiger partial charge in [0.1, 0.15) is 0 Å². The van der Waals surface area contributed by atoms with E-state index in [4.69, 9.17) is 15.0 Å². The van der Waals surface area contributed by atoms with Crippen LogP contribution in [0.5, 0.6) is 0 Å². The Morgan fingerprint density at radius 2 is 1.40 bits per heavy atom. The maximum absolute atomic E-state index is 8.33. The zero-order chi connectivity index (χ0) is 3.58. The summed E-state index contributed by atoms with van der Waals surface area (Å²) in [5.74, 6) is 0. The second-order valence-electron chi connectivity index (χ2n) is 0.250. The average molecular weight is 145 g/mol. The van der Waals surface area contributed by atoms with Gasteiger partial charge in [0, 0.05) is 0 Å². The number of hydrogen-bond donors (Lipinski definition) is 0. The topological polar surface area (TPSA) is 63.2 Å². The molecule has 3 nitrogen and oxygen atoms in total. The molecule has 0 amide bonds. The van der Waals surface area contributed by atoms with Crippen LogP contribution < -0.4 is 68.4 Å². The van der Waals surface area contributed by atoms with Crippen LogP contribution in [-0.2, 0) is 0 Å². The molecule has 0 rings (SSSR count). The van der Waals surface area contributed by atoms with Crippen molar-refractivity contribution in [1.82, 2.24) is 0 Å². The molecule has 0 saturated heterocycles. The molecule has 0 spiro atoms. The second kappa shape index (κ2) is 5.08. The number of carboxylic acid groups (broad SMARTS) is 2. The van der Waals surface area contributed by atoms with E-state index < -0.39 is 6.16 Å². The third-order valence-corrected chi connectivity index (χ3v) is 0. The van der Waals surface area contributed by atoms with E-state index in [2.05, 4.69) is 0 Å². The summed E-state index contributed by atoms with van der Waals surface area (Å²) < 4.78 is 0. The van der Waals surface area contributed by atoms with Gasteiger partial charge in [-0.25, -0.2) is 0 Å². The smallest absolute Gasteiger partial charge is 0.652 e. The summed E-state index contributed by atoms with van der Waals surface area (Å²) in [7, 11) is 0. The summed E-state index contributed by atoms with van der Waals surface area (Å²) in [4.78, 5) is 8.33. The molecular weight excluding hydrogens is 145 g/mol. The van der Waals surface area contributed by atoms with Crippen molar-refractivity contribution in [2.75, 3.05) is 0 Å². The Labute approximate surface area is 77.8 Å². The zero-order valence-electron chi connectivity index (χ0n) is 2.72. The van der Waals surface area contributed by atoms with Crippen molar-refractivity contribution in [3.63, 3.8) is 0 Å². The van der Waals surface area contributed by atoms with Gasteiger partial charge in [-0.15, -0.1) is 0 Å². The van der Waals surface area contributed by atoms with Crippen molar-refractivity contribution in [3.8, 4) is 0 Å². The van der Waals surface area contributed by atoms with Gasteiger partial charge in [0.2, 0.25) is 0 Å². The first-order chi connectivity index (χ1) is 1.73. The van der Waals surface area contributed by atoms with Gasteiger partial charge in [0.05, 0.1) is 0 Å². The first-order valence-corrected chi connectivity index (χ1v) is 0.612. The SMILES string of the molecule is O=C([O-])[O-].[Rb+]. The molecule has 24 valence electrons. The molecule has 0 N–H and O–H groups in total. The van der Waals surface area contributed by atoms with Crippen LogP contribution in [0.1, 0.15) is 0 Å². The third-order valence-electron chi connectivity index (χ3n) is 0. The van der Waals surface area contributed by atoms with Crippen molar-refractivity contribution in [1.29, 1.82) is 0 Å². The predicted molar refractivity (Wildman–Crippen MR) is 5.40 cm³/mol. The molecule has 0 fully saturated rings. The van der Waals surface area contributed by atoms with Gasteiger partial charge in [-0.3, -0.25) is 0 Å². The Bertz CT molecular complexity index is 29.9. The molecule has 4 heteroatoms. The summed E-state index contributed by atoms with van der Waals surface area (Å²) in [5, 5.41) is 16.7. The number of rotatable bonds is 0. The number of carbonyl (C=O) groups is 1. The largest absolute Gasteiger partial charge is 1.00 e. The van der Waals surface area contributed by atoms with Crippen LogP contribution in [0.15, 0.2) is 0 Å². The zero-order valence-corrected chi connectivity index (χ0v) is 7.64. The first-order valence-electron chi connectivity index (χ1n) is 0.612. The Kier molecular flexibility index (Phi) is 9.56. The molecule has 0 bridgehead atoms. The Balaban J connectivity index is 0. The summed E-state index contributed by atoms with van der Waals surface area (Å²) in [6.07, 6.45) is -2.33. The fourth-order valence-electron chi connectivity index (χ4n) is 0. The van der Waals surface area contributed by atoms with E-state index in [1.807, 2.05) is 0 Å². The molecule has 0 unspecified atom stereocenters. The summed E-state index contributed by atoms with van der Waals surface area (Å²) in [6, 6.07) is 0. The fraction of sp³-hybridized carbons (Fsp3) is 0. The molecular formula is CO3Rb-. The minimum absolute atomic E-state index is 0. The maximum atomic E-state index is 8.33. The van der Waals surface area contributed by atoms with Crippen LogP contribution in [0, 0.1) is 0 Å². The van der Waals surface area contributed by atoms with Crippen LogP contribution in [-0.4, -0.2) is 6.16 Å². The molecule has 0 radical (unpaired) electrons.